The van der Waals surface area contributed by atoms with Crippen LogP contribution in [-0.4, -0.2) is 6.61 Å². The van der Waals surface area contributed by atoms with Gasteiger partial charge in [-0.2, -0.15) is 0 Å². The van der Waals surface area contributed by atoms with Crippen LogP contribution in [0.3, 0.4) is 0 Å². The maximum Gasteiger partial charge on any atom is 0.0892 e. The lowest BCUT2D eigenvalue weighted by Crippen LogP contribution is -2.42. The number of allylic oxidation sites excluding steroid dienone is 1. The van der Waals surface area contributed by atoms with E-state index in [0.717, 1.165) is 12.5 Å². The number of rotatable bonds is 1. The summed E-state index contributed by atoms with van der Waals surface area (Å²) in [5.41, 5.74) is 2.84. The van der Waals surface area contributed by atoms with Crippen molar-refractivity contribution in [3.05, 3.63) is 47.5 Å². The van der Waals surface area contributed by atoms with Gasteiger partial charge >= 0.3 is 0 Å². The van der Waals surface area contributed by atoms with Crippen LogP contribution in [-0.2, 0) is 4.74 Å². The summed E-state index contributed by atoms with van der Waals surface area (Å²) in [6, 6.07) is 10.7. The van der Waals surface area contributed by atoms with Crippen LogP contribution in [0.1, 0.15) is 32.4 Å². The van der Waals surface area contributed by atoms with Crippen LogP contribution in [0.5, 0.6) is 0 Å². The van der Waals surface area contributed by atoms with E-state index in [1.165, 1.54) is 11.1 Å². The van der Waals surface area contributed by atoms with E-state index >= 15 is 0 Å². The quantitative estimate of drug-likeness (QED) is 0.670. The molecule has 1 saturated heterocycles. The van der Waals surface area contributed by atoms with Crippen molar-refractivity contribution in [1.29, 1.82) is 0 Å². The number of fused-ring (bicyclic) bond motifs is 2. The van der Waals surface area contributed by atoms with Crippen molar-refractivity contribution in [3.63, 3.8) is 0 Å². The fraction of sp³-hybridized carbons (Fsp3) is 0.529. The van der Waals surface area contributed by atoms with E-state index in [-0.39, 0.29) is 6.10 Å². The fourth-order valence-electron chi connectivity index (χ4n) is 3.89. The molecule has 2 aliphatic rings. The highest BCUT2D eigenvalue weighted by Crippen LogP contribution is 2.49. The lowest BCUT2D eigenvalue weighted by atomic mass is 9.65. The minimum Gasteiger partial charge on any atom is -0.373 e. The smallest absolute Gasteiger partial charge is 0.0892 e. The highest BCUT2D eigenvalue weighted by Gasteiger charge is 2.43. The minimum atomic E-state index is 0.251. The van der Waals surface area contributed by atoms with Gasteiger partial charge in [-0.1, -0.05) is 55.8 Å². The summed E-state index contributed by atoms with van der Waals surface area (Å²) in [5, 5.41) is 0. The van der Waals surface area contributed by atoms with E-state index in [4.69, 9.17) is 4.74 Å². The Morgan fingerprint density at radius 1 is 1.11 bits per heavy atom. The van der Waals surface area contributed by atoms with Gasteiger partial charge in [0.2, 0.25) is 0 Å². The van der Waals surface area contributed by atoms with Gasteiger partial charge in [-0.15, -0.1) is 0 Å². The van der Waals surface area contributed by atoms with Crippen molar-refractivity contribution >= 4 is 0 Å². The first-order valence-corrected chi connectivity index (χ1v) is 7.03. The highest BCUT2D eigenvalue weighted by molar-refractivity contribution is 5.25. The van der Waals surface area contributed by atoms with Crippen LogP contribution < -0.4 is 0 Å². The molecule has 1 aliphatic heterocycles. The van der Waals surface area contributed by atoms with E-state index in [0.29, 0.717) is 17.8 Å². The molecule has 1 aromatic carbocycles. The van der Waals surface area contributed by atoms with Crippen molar-refractivity contribution in [2.45, 2.75) is 26.9 Å². The predicted molar refractivity (Wildman–Crippen MR) is 74.2 cm³/mol. The van der Waals surface area contributed by atoms with Gasteiger partial charge < -0.3 is 4.74 Å². The zero-order chi connectivity index (χ0) is 12.7. The van der Waals surface area contributed by atoms with Crippen molar-refractivity contribution in [3.8, 4) is 0 Å². The Labute approximate surface area is 110 Å². The Kier molecular flexibility index (Phi) is 3.03. The van der Waals surface area contributed by atoms with Gasteiger partial charge in [-0.05, 0) is 30.2 Å². The van der Waals surface area contributed by atoms with Crippen LogP contribution in [0.25, 0.3) is 0 Å². The fourth-order valence-corrected chi connectivity index (χ4v) is 3.89. The molecular formula is C17H22O. The largest absolute Gasteiger partial charge is 0.373 e. The molecule has 0 N–H and O–H groups in total. The second-order valence-corrected chi connectivity index (χ2v) is 5.98. The number of ether oxygens (including phenoxy) is 1. The number of benzene rings is 1. The van der Waals surface area contributed by atoms with E-state index in [9.17, 15) is 0 Å². The molecule has 0 unspecified atom stereocenters. The monoisotopic (exact) mass is 242 g/mol. The molecule has 0 saturated carbocycles. The molecule has 3 rings (SSSR count). The van der Waals surface area contributed by atoms with Crippen molar-refractivity contribution in [2.75, 3.05) is 6.61 Å². The molecule has 1 nitrogen and oxygen atoms in total. The first kappa shape index (κ1) is 12.0. The molecular weight excluding hydrogens is 220 g/mol. The van der Waals surface area contributed by atoms with Crippen LogP contribution >= 0.6 is 0 Å². The average molecular weight is 242 g/mol. The van der Waals surface area contributed by atoms with Gasteiger partial charge in [-0.3, -0.25) is 0 Å². The Morgan fingerprint density at radius 2 is 1.83 bits per heavy atom. The number of hydrogen-bond donors (Lipinski definition) is 0. The molecule has 2 bridgehead atoms. The molecule has 1 fully saturated rings. The molecule has 0 aromatic heterocycles. The molecule has 18 heavy (non-hydrogen) atoms. The third-order valence-electron chi connectivity index (χ3n) is 4.89. The van der Waals surface area contributed by atoms with Gasteiger partial charge in [0.05, 0.1) is 12.7 Å². The third-order valence-corrected chi connectivity index (χ3v) is 4.89. The summed E-state index contributed by atoms with van der Waals surface area (Å²) in [6.45, 7) is 7.91. The van der Waals surface area contributed by atoms with Crippen molar-refractivity contribution in [1.82, 2.24) is 0 Å². The molecule has 0 amide bonds. The molecule has 0 spiro atoms. The zero-order valence-electron chi connectivity index (χ0n) is 11.5. The molecule has 96 valence electrons. The molecule has 1 heteroatoms. The Hall–Kier alpha value is -1.08. The Bertz CT molecular complexity index is 448. The summed E-state index contributed by atoms with van der Waals surface area (Å²) in [6.07, 6.45) is 2.72. The van der Waals surface area contributed by atoms with Crippen LogP contribution in [0.2, 0.25) is 0 Å². The van der Waals surface area contributed by atoms with Crippen LogP contribution in [0.15, 0.2) is 42.0 Å². The second kappa shape index (κ2) is 4.55. The lowest BCUT2D eigenvalue weighted by molar-refractivity contribution is -0.0934. The Morgan fingerprint density at radius 3 is 2.56 bits per heavy atom. The van der Waals surface area contributed by atoms with Crippen molar-refractivity contribution < 1.29 is 4.74 Å². The molecule has 5 atom stereocenters. The van der Waals surface area contributed by atoms with Gasteiger partial charge in [0.15, 0.2) is 0 Å². The summed E-state index contributed by atoms with van der Waals surface area (Å²) in [5.74, 6) is 2.64. The first-order chi connectivity index (χ1) is 8.68. The van der Waals surface area contributed by atoms with Gasteiger partial charge in [0, 0.05) is 5.92 Å². The third kappa shape index (κ3) is 1.81. The normalized spacial score (nSPS) is 39.3. The van der Waals surface area contributed by atoms with Crippen LogP contribution in [0.4, 0.5) is 0 Å². The minimum absolute atomic E-state index is 0.251. The van der Waals surface area contributed by atoms with Crippen LogP contribution in [0, 0.1) is 23.7 Å². The standard InChI is InChI=1S/C17H22O/c1-11-9-12(2)16-13(3)15(11)10-18-17(16)14-7-5-4-6-8-14/h4-9,11,13,15-17H,10H2,1-3H3/t11-,13+,15-,16-,17-/m1/s1. The summed E-state index contributed by atoms with van der Waals surface area (Å²) < 4.78 is 6.20. The number of hydrogen-bond acceptors (Lipinski definition) is 1. The molecule has 0 radical (unpaired) electrons. The van der Waals surface area contributed by atoms with E-state index in [1.807, 2.05) is 0 Å². The van der Waals surface area contributed by atoms with E-state index < -0.39 is 0 Å². The molecule has 1 aliphatic carbocycles. The summed E-state index contributed by atoms with van der Waals surface area (Å²) >= 11 is 0. The Balaban J connectivity index is 1.97. The summed E-state index contributed by atoms with van der Waals surface area (Å²) in [7, 11) is 0. The van der Waals surface area contributed by atoms with E-state index in [2.05, 4.69) is 57.2 Å². The maximum atomic E-state index is 6.20. The topological polar surface area (TPSA) is 9.23 Å². The summed E-state index contributed by atoms with van der Waals surface area (Å²) in [4.78, 5) is 0. The lowest BCUT2D eigenvalue weighted by Gasteiger charge is -2.47. The second-order valence-electron chi connectivity index (χ2n) is 5.98. The maximum absolute atomic E-state index is 6.20. The SMILES string of the molecule is CC1=C[C@@H](C)[C@H]2CO[C@H](c3ccccc3)[C@H]1[C@H]2C. The van der Waals surface area contributed by atoms with E-state index in [1.54, 1.807) is 0 Å². The predicted octanol–water partition coefficient (Wildman–Crippen LogP) is 4.22. The zero-order valence-corrected chi connectivity index (χ0v) is 11.5. The molecule has 1 heterocycles. The van der Waals surface area contributed by atoms with Gasteiger partial charge in [0.1, 0.15) is 0 Å². The highest BCUT2D eigenvalue weighted by atomic mass is 16.5. The average Bonchev–Trinajstić information content (AvgIpc) is 2.37. The van der Waals surface area contributed by atoms with Crippen molar-refractivity contribution in [2.24, 2.45) is 23.7 Å². The molecule has 1 aromatic rings. The van der Waals surface area contributed by atoms with Gasteiger partial charge in [-0.25, -0.2) is 0 Å². The first-order valence-electron chi connectivity index (χ1n) is 7.03. The van der Waals surface area contributed by atoms with Gasteiger partial charge in [0.25, 0.3) is 0 Å².